The zero-order valence-electron chi connectivity index (χ0n) is 10.9. The fourth-order valence-electron chi connectivity index (χ4n) is 1.44. The summed E-state index contributed by atoms with van der Waals surface area (Å²) < 4.78 is 10.4. The van der Waals surface area contributed by atoms with Gasteiger partial charge in [-0.05, 0) is 31.2 Å². The van der Waals surface area contributed by atoms with Gasteiger partial charge in [0.05, 0.1) is 12.2 Å². The van der Waals surface area contributed by atoms with E-state index in [1.54, 1.807) is 25.3 Å². The normalized spacial score (nSPS) is 10.3. The Hall–Kier alpha value is -1.30. The molecule has 0 radical (unpaired) electrons. The molecule has 0 aromatic heterocycles. The molecule has 0 spiro atoms. The van der Waals surface area contributed by atoms with Crippen molar-refractivity contribution in [1.82, 2.24) is 5.32 Å². The Morgan fingerprint density at radius 2 is 2.21 bits per heavy atom. The zero-order chi connectivity index (χ0) is 14.1. The lowest BCUT2D eigenvalue weighted by Crippen LogP contribution is -2.26. The van der Waals surface area contributed by atoms with E-state index >= 15 is 0 Å². The predicted octanol–water partition coefficient (Wildman–Crippen LogP) is 1.44. The minimum absolute atomic E-state index is 0.219. The summed E-state index contributed by atoms with van der Waals surface area (Å²) >= 11 is 5.90. The monoisotopic (exact) mass is 286 g/mol. The molecule has 0 aliphatic carbocycles. The van der Waals surface area contributed by atoms with Crippen LogP contribution < -0.4 is 15.8 Å². The van der Waals surface area contributed by atoms with Gasteiger partial charge in [-0.25, -0.2) is 0 Å². The average Bonchev–Trinajstić information content (AvgIpc) is 2.40. The van der Waals surface area contributed by atoms with Crippen molar-refractivity contribution in [2.75, 3.05) is 33.4 Å². The molecule has 0 heterocycles. The number of hydrogen-bond donors (Lipinski definition) is 2. The number of carbonyl (C=O) groups is 1. The van der Waals surface area contributed by atoms with Crippen molar-refractivity contribution in [3.8, 4) is 5.75 Å². The molecule has 1 amide bonds. The lowest BCUT2D eigenvalue weighted by Gasteiger charge is -2.11. The maximum Gasteiger partial charge on any atom is 0.255 e. The van der Waals surface area contributed by atoms with Gasteiger partial charge >= 0.3 is 0 Å². The number of methoxy groups -OCH3 is 1. The van der Waals surface area contributed by atoms with Crippen LogP contribution in [0.15, 0.2) is 18.2 Å². The van der Waals surface area contributed by atoms with E-state index in [0.29, 0.717) is 42.6 Å². The molecular formula is C13H19ClN2O3. The van der Waals surface area contributed by atoms with Gasteiger partial charge in [0.2, 0.25) is 0 Å². The molecule has 5 nitrogen and oxygen atoms in total. The molecule has 0 saturated heterocycles. The molecule has 0 atom stereocenters. The molecule has 0 aliphatic heterocycles. The van der Waals surface area contributed by atoms with Crippen LogP contribution in [-0.2, 0) is 4.74 Å². The molecule has 1 aromatic rings. The van der Waals surface area contributed by atoms with Crippen LogP contribution in [0.3, 0.4) is 0 Å². The minimum Gasteiger partial charge on any atom is -0.490 e. The number of halogens is 1. The largest absolute Gasteiger partial charge is 0.490 e. The molecular weight excluding hydrogens is 268 g/mol. The van der Waals surface area contributed by atoms with Crippen LogP contribution in [0.25, 0.3) is 0 Å². The Kier molecular flexibility index (Phi) is 7.25. The van der Waals surface area contributed by atoms with Crippen LogP contribution >= 0.6 is 11.6 Å². The third-order valence-corrected chi connectivity index (χ3v) is 2.63. The zero-order valence-corrected chi connectivity index (χ0v) is 11.7. The third kappa shape index (κ3) is 5.46. The van der Waals surface area contributed by atoms with Gasteiger partial charge in [-0.2, -0.15) is 0 Å². The van der Waals surface area contributed by atoms with Crippen LogP contribution in [0.2, 0.25) is 5.02 Å². The van der Waals surface area contributed by atoms with Gasteiger partial charge in [-0.1, -0.05) is 11.6 Å². The van der Waals surface area contributed by atoms with Crippen molar-refractivity contribution < 1.29 is 14.3 Å². The number of carbonyl (C=O) groups excluding carboxylic acids is 1. The maximum absolute atomic E-state index is 12.0. The number of benzene rings is 1. The molecule has 0 saturated carbocycles. The molecule has 106 valence electrons. The molecule has 6 heteroatoms. The van der Waals surface area contributed by atoms with Gasteiger partial charge in [0.25, 0.3) is 5.91 Å². The summed E-state index contributed by atoms with van der Waals surface area (Å²) in [6.07, 6.45) is 0.728. The van der Waals surface area contributed by atoms with Crippen molar-refractivity contribution in [3.05, 3.63) is 28.8 Å². The van der Waals surface area contributed by atoms with Crippen molar-refractivity contribution in [1.29, 1.82) is 0 Å². The smallest absolute Gasteiger partial charge is 0.255 e. The standard InChI is InChI=1S/C13H19ClN2O3/c1-18-7-8-19-12-4-3-10(14)9-11(12)13(17)16-6-2-5-15/h3-4,9H,2,5-8,15H2,1H3,(H,16,17). The molecule has 3 N–H and O–H groups in total. The first-order chi connectivity index (χ1) is 9.19. The van der Waals surface area contributed by atoms with Gasteiger partial charge < -0.3 is 20.5 Å². The van der Waals surface area contributed by atoms with Crippen LogP contribution in [0.5, 0.6) is 5.75 Å². The lowest BCUT2D eigenvalue weighted by molar-refractivity contribution is 0.0945. The second-order valence-electron chi connectivity index (χ2n) is 3.88. The predicted molar refractivity (Wildman–Crippen MR) is 74.8 cm³/mol. The van der Waals surface area contributed by atoms with Gasteiger partial charge in [-0.15, -0.1) is 0 Å². The summed E-state index contributed by atoms with van der Waals surface area (Å²) in [5, 5.41) is 3.26. The molecule has 0 aliphatic rings. The fourth-order valence-corrected chi connectivity index (χ4v) is 1.61. The Morgan fingerprint density at radius 3 is 2.89 bits per heavy atom. The number of nitrogens with one attached hydrogen (secondary N) is 1. The Bertz CT molecular complexity index is 413. The Balaban J connectivity index is 2.72. The summed E-state index contributed by atoms with van der Waals surface area (Å²) in [6, 6.07) is 4.94. The second kappa shape index (κ2) is 8.74. The second-order valence-corrected chi connectivity index (χ2v) is 4.32. The van der Waals surface area contributed by atoms with Gasteiger partial charge in [0, 0.05) is 18.7 Å². The summed E-state index contributed by atoms with van der Waals surface area (Å²) in [5.74, 6) is 0.273. The van der Waals surface area contributed by atoms with Crippen LogP contribution in [0, 0.1) is 0 Å². The van der Waals surface area contributed by atoms with E-state index in [1.807, 2.05) is 0 Å². The summed E-state index contributed by atoms with van der Waals surface area (Å²) in [5.41, 5.74) is 5.79. The van der Waals surface area contributed by atoms with Gasteiger partial charge in [-0.3, -0.25) is 4.79 Å². The van der Waals surface area contributed by atoms with Crippen LogP contribution in [0.1, 0.15) is 16.8 Å². The number of hydrogen-bond acceptors (Lipinski definition) is 4. The van der Waals surface area contributed by atoms with Crippen molar-refractivity contribution >= 4 is 17.5 Å². The number of amides is 1. The van der Waals surface area contributed by atoms with E-state index in [2.05, 4.69) is 5.32 Å². The third-order valence-electron chi connectivity index (χ3n) is 2.40. The topological polar surface area (TPSA) is 73.6 Å². The van der Waals surface area contributed by atoms with Crippen LogP contribution in [0.4, 0.5) is 0 Å². The maximum atomic E-state index is 12.0. The highest BCUT2D eigenvalue weighted by Gasteiger charge is 2.12. The Morgan fingerprint density at radius 1 is 1.42 bits per heavy atom. The molecule has 0 unspecified atom stereocenters. The highest BCUT2D eigenvalue weighted by Crippen LogP contribution is 2.22. The fraction of sp³-hybridized carbons (Fsp3) is 0.462. The first-order valence-corrected chi connectivity index (χ1v) is 6.46. The van der Waals surface area contributed by atoms with E-state index in [1.165, 1.54) is 0 Å². The van der Waals surface area contributed by atoms with E-state index in [-0.39, 0.29) is 5.91 Å². The minimum atomic E-state index is -0.219. The van der Waals surface area contributed by atoms with Crippen molar-refractivity contribution in [2.45, 2.75) is 6.42 Å². The Labute approximate surface area is 118 Å². The highest BCUT2D eigenvalue weighted by atomic mass is 35.5. The highest BCUT2D eigenvalue weighted by molar-refractivity contribution is 6.31. The summed E-state index contributed by atoms with van der Waals surface area (Å²) in [4.78, 5) is 12.0. The quantitative estimate of drug-likeness (QED) is 0.709. The summed E-state index contributed by atoms with van der Waals surface area (Å²) in [6.45, 7) is 1.89. The first-order valence-electron chi connectivity index (χ1n) is 6.08. The van der Waals surface area contributed by atoms with E-state index in [9.17, 15) is 4.79 Å². The van der Waals surface area contributed by atoms with Crippen LogP contribution in [-0.4, -0.2) is 39.3 Å². The molecule has 0 fully saturated rings. The molecule has 1 rings (SSSR count). The number of nitrogens with two attached hydrogens (primary N) is 1. The average molecular weight is 287 g/mol. The summed E-state index contributed by atoms with van der Waals surface area (Å²) in [7, 11) is 1.59. The number of ether oxygens (including phenoxy) is 2. The SMILES string of the molecule is COCCOc1ccc(Cl)cc1C(=O)NCCCN. The molecule has 19 heavy (non-hydrogen) atoms. The molecule has 1 aromatic carbocycles. The van der Waals surface area contributed by atoms with Gasteiger partial charge in [0.1, 0.15) is 12.4 Å². The van der Waals surface area contributed by atoms with E-state index < -0.39 is 0 Å². The number of rotatable bonds is 8. The lowest BCUT2D eigenvalue weighted by atomic mass is 10.2. The van der Waals surface area contributed by atoms with Crippen molar-refractivity contribution in [3.63, 3.8) is 0 Å². The van der Waals surface area contributed by atoms with Gasteiger partial charge in [0.15, 0.2) is 0 Å². The van der Waals surface area contributed by atoms with E-state index in [0.717, 1.165) is 6.42 Å². The van der Waals surface area contributed by atoms with Crippen molar-refractivity contribution in [2.24, 2.45) is 5.73 Å². The molecule has 0 bridgehead atoms. The van der Waals surface area contributed by atoms with E-state index in [4.69, 9.17) is 26.8 Å². The first kappa shape index (κ1) is 15.8.